The Morgan fingerprint density at radius 3 is 2.00 bits per heavy atom. The zero-order valence-corrected chi connectivity index (χ0v) is 4.49. The van der Waals surface area contributed by atoms with Crippen molar-refractivity contribution in [1.29, 1.82) is 0 Å². The van der Waals surface area contributed by atoms with E-state index >= 15 is 0 Å². The van der Waals surface area contributed by atoms with E-state index in [1.165, 1.54) is 0 Å². The highest BCUT2D eigenvalue weighted by Crippen LogP contribution is 1.83. The lowest BCUT2D eigenvalue weighted by molar-refractivity contribution is 0.249. The first kappa shape index (κ1) is 6.27. The van der Waals surface area contributed by atoms with Crippen molar-refractivity contribution < 1.29 is 4.79 Å². The molecule has 0 atom stereocenters. The monoisotopic (exact) mass is 101 g/mol. The fourth-order valence-corrected chi connectivity index (χ4v) is 0.246. The molecule has 3 N–H and O–H groups in total. The fourth-order valence-electron chi connectivity index (χ4n) is 0.246. The molecule has 0 aliphatic rings. The number of nitrogens with one attached hydrogen (secondary N) is 1. The number of urea groups is 1. The Bertz CT molecular complexity index is 70.1. The van der Waals surface area contributed by atoms with E-state index in [4.69, 9.17) is 5.73 Å². The van der Waals surface area contributed by atoms with Gasteiger partial charge in [-0.05, 0) is 13.8 Å². The van der Waals surface area contributed by atoms with Gasteiger partial charge in [0.15, 0.2) is 0 Å². The van der Waals surface area contributed by atoms with Gasteiger partial charge in [0.2, 0.25) is 0 Å². The minimum absolute atomic E-state index is 0.500. The lowest BCUT2D eigenvalue weighted by atomic mass is 10.4. The van der Waals surface area contributed by atoms with E-state index in [0.717, 1.165) is 6.04 Å². The first-order valence-electron chi connectivity index (χ1n) is 1.99. The Kier molecular flexibility index (Phi) is 2.19. The summed E-state index contributed by atoms with van der Waals surface area (Å²) in [6, 6.07) is 0.313. The number of hydrogen-bond acceptors (Lipinski definition) is 1. The second-order valence-corrected chi connectivity index (χ2v) is 1.49. The molecule has 0 saturated heterocycles. The van der Waals surface area contributed by atoms with Gasteiger partial charge in [0.25, 0.3) is 0 Å². The Balaban J connectivity index is 3.13. The van der Waals surface area contributed by atoms with Gasteiger partial charge in [0.1, 0.15) is 0 Å². The molecule has 1 radical (unpaired) electrons. The number of carbonyl (C=O) groups excluding carboxylic acids is 1. The van der Waals surface area contributed by atoms with Crippen LogP contribution in [-0.2, 0) is 0 Å². The molecule has 0 fully saturated rings. The summed E-state index contributed by atoms with van der Waals surface area (Å²) in [6.07, 6.45) is 0. The number of primary amides is 1. The molecular formula is C4H9N2O. The second kappa shape index (κ2) is 2.44. The Morgan fingerprint density at radius 2 is 2.00 bits per heavy atom. The van der Waals surface area contributed by atoms with Crippen LogP contribution in [0.2, 0.25) is 0 Å². The van der Waals surface area contributed by atoms with Gasteiger partial charge in [-0.15, -0.1) is 0 Å². The third kappa shape index (κ3) is 5.27. The minimum Gasteiger partial charge on any atom is -0.352 e. The van der Waals surface area contributed by atoms with Gasteiger partial charge in [-0.25, -0.2) is 4.79 Å². The third-order valence-electron chi connectivity index (χ3n) is 0.373. The summed E-state index contributed by atoms with van der Waals surface area (Å²) in [6.45, 7) is 3.54. The van der Waals surface area contributed by atoms with E-state index in [9.17, 15) is 4.79 Å². The standard InChI is InChI=1S/C4H9N2O/c1-3(2)6-4(5)7/h1-2H3,(H3,5,6,7). The molecular weight excluding hydrogens is 92.1 g/mol. The van der Waals surface area contributed by atoms with Crippen LogP contribution in [0, 0.1) is 6.04 Å². The molecule has 0 bridgehead atoms. The minimum atomic E-state index is -0.500. The normalized spacial score (nSPS) is 9.00. The second-order valence-electron chi connectivity index (χ2n) is 1.49. The molecule has 3 nitrogen and oxygen atoms in total. The zero-order valence-electron chi connectivity index (χ0n) is 4.49. The molecule has 3 heteroatoms. The van der Waals surface area contributed by atoms with E-state index in [0.29, 0.717) is 0 Å². The molecule has 0 aromatic rings. The third-order valence-corrected chi connectivity index (χ3v) is 0.373. The molecule has 0 aromatic heterocycles. The molecule has 0 unspecified atom stereocenters. The first-order valence-corrected chi connectivity index (χ1v) is 1.99. The SMILES string of the molecule is C[C](C)NC(N)=O. The van der Waals surface area contributed by atoms with Crippen LogP contribution in [0.25, 0.3) is 0 Å². The summed E-state index contributed by atoms with van der Waals surface area (Å²) in [4.78, 5) is 9.90. The van der Waals surface area contributed by atoms with Crippen LogP contribution in [0.5, 0.6) is 0 Å². The Labute approximate surface area is 42.9 Å². The smallest absolute Gasteiger partial charge is 0.312 e. The van der Waals surface area contributed by atoms with E-state index in [2.05, 4.69) is 5.32 Å². The maximum atomic E-state index is 9.90. The largest absolute Gasteiger partial charge is 0.352 e. The molecule has 0 spiro atoms. The van der Waals surface area contributed by atoms with Crippen LogP contribution in [-0.4, -0.2) is 6.03 Å². The first-order chi connectivity index (χ1) is 3.13. The number of carbonyl (C=O) groups is 1. The number of nitrogens with two attached hydrogens (primary N) is 1. The van der Waals surface area contributed by atoms with Crippen molar-refractivity contribution in [2.45, 2.75) is 13.8 Å². The van der Waals surface area contributed by atoms with Gasteiger partial charge in [0.05, 0.1) is 6.04 Å². The van der Waals surface area contributed by atoms with Crippen LogP contribution in [0.4, 0.5) is 4.79 Å². The molecule has 0 aliphatic carbocycles. The van der Waals surface area contributed by atoms with Crippen LogP contribution >= 0.6 is 0 Å². The highest BCUT2D eigenvalue weighted by molar-refractivity contribution is 5.72. The van der Waals surface area contributed by atoms with Crippen LogP contribution in [0.15, 0.2) is 0 Å². The summed E-state index contributed by atoms with van der Waals surface area (Å²) in [7, 11) is 0. The summed E-state index contributed by atoms with van der Waals surface area (Å²) >= 11 is 0. The summed E-state index contributed by atoms with van der Waals surface area (Å²) < 4.78 is 0. The van der Waals surface area contributed by atoms with Gasteiger partial charge >= 0.3 is 6.03 Å². The predicted molar refractivity (Wildman–Crippen MR) is 27.3 cm³/mol. The van der Waals surface area contributed by atoms with E-state index in [1.54, 1.807) is 13.8 Å². The number of rotatable bonds is 1. The maximum Gasteiger partial charge on any atom is 0.312 e. The Hall–Kier alpha value is -0.730. The number of hydrogen-bond donors (Lipinski definition) is 2. The maximum absolute atomic E-state index is 9.90. The van der Waals surface area contributed by atoms with Gasteiger partial charge in [-0.2, -0.15) is 0 Å². The average Bonchev–Trinajstić information content (AvgIpc) is 1.27. The summed E-state index contributed by atoms with van der Waals surface area (Å²) in [5, 5.41) is 2.36. The topological polar surface area (TPSA) is 55.1 Å². The molecule has 0 heterocycles. The van der Waals surface area contributed by atoms with Crippen LogP contribution in [0.3, 0.4) is 0 Å². The lowest BCUT2D eigenvalue weighted by Crippen LogP contribution is -2.30. The van der Waals surface area contributed by atoms with E-state index in [1.807, 2.05) is 0 Å². The van der Waals surface area contributed by atoms with Crippen LogP contribution < -0.4 is 11.1 Å². The van der Waals surface area contributed by atoms with Crippen molar-refractivity contribution in [3.8, 4) is 0 Å². The van der Waals surface area contributed by atoms with E-state index in [-0.39, 0.29) is 0 Å². The molecule has 41 valence electrons. The lowest BCUT2D eigenvalue weighted by Gasteiger charge is -2.00. The average molecular weight is 101 g/mol. The van der Waals surface area contributed by atoms with Crippen LogP contribution in [0.1, 0.15) is 13.8 Å². The fraction of sp³-hybridized carbons (Fsp3) is 0.500. The zero-order chi connectivity index (χ0) is 5.86. The van der Waals surface area contributed by atoms with E-state index < -0.39 is 6.03 Å². The number of amides is 2. The summed E-state index contributed by atoms with van der Waals surface area (Å²) in [5.74, 6) is 0. The highest BCUT2D eigenvalue weighted by atomic mass is 16.2. The molecule has 0 saturated carbocycles. The van der Waals surface area contributed by atoms with Crippen molar-refractivity contribution >= 4 is 6.03 Å². The highest BCUT2D eigenvalue weighted by Gasteiger charge is 1.92. The van der Waals surface area contributed by atoms with Gasteiger partial charge < -0.3 is 11.1 Å². The van der Waals surface area contributed by atoms with Crippen molar-refractivity contribution in [1.82, 2.24) is 5.32 Å². The van der Waals surface area contributed by atoms with Crippen molar-refractivity contribution in [3.63, 3.8) is 0 Å². The molecule has 0 aromatic carbocycles. The van der Waals surface area contributed by atoms with Crippen molar-refractivity contribution in [2.24, 2.45) is 5.73 Å². The van der Waals surface area contributed by atoms with Gasteiger partial charge in [0, 0.05) is 0 Å². The quantitative estimate of drug-likeness (QED) is 0.488. The molecule has 0 rings (SSSR count). The molecule has 2 amide bonds. The molecule has 7 heavy (non-hydrogen) atoms. The summed E-state index contributed by atoms with van der Waals surface area (Å²) in [5.41, 5.74) is 4.72. The van der Waals surface area contributed by atoms with Crippen molar-refractivity contribution in [2.75, 3.05) is 0 Å². The molecule has 0 aliphatic heterocycles. The van der Waals surface area contributed by atoms with Gasteiger partial charge in [-0.3, -0.25) is 0 Å². The Morgan fingerprint density at radius 1 is 1.57 bits per heavy atom. The van der Waals surface area contributed by atoms with Crippen molar-refractivity contribution in [3.05, 3.63) is 6.04 Å². The van der Waals surface area contributed by atoms with Gasteiger partial charge in [-0.1, -0.05) is 0 Å². The predicted octanol–water partition coefficient (Wildman–Crippen LogP) is 0.226.